The molecule has 0 unspecified atom stereocenters. The Bertz CT molecular complexity index is 588. The molecule has 0 heterocycles. The third-order valence-corrected chi connectivity index (χ3v) is 2.58. The zero-order valence-corrected chi connectivity index (χ0v) is 23.5. The van der Waals surface area contributed by atoms with Crippen molar-refractivity contribution in [1.29, 1.82) is 0 Å². The number of aliphatic hydroxyl groups is 1. The molecule has 0 aromatic carbocycles. The summed E-state index contributed by atoms with van der Waals surface area (Å²) in [4.78, 5) is 17.1. The third-order valence-electron chi connectivity index (χ3n) is 2.58. The lowest BCUT2D eigenvalue weighted by Crippen LogP contribution is -2.24. The minimum absolute atomic E-state index is 0.0651. The first-order valence-electron chi connectivity index (χ1n) is 10.9. The molecule has 0 aromatic heterocycles. The van der Waals surface area contributed by atoms with Crippen molar-refractivity contribution in [3.8, 4) is 0 Å². The van der Waals surface area contributed by atoms with Gasteiger partial charge in [0, 0.05) is 70.5 Å². The highest BCUT2D eigenvalue weighted by molar-refractivity contribution is 4.56. The van der Waals surface area contributed by atoms with E-state index in [1.54, 1.807) is 0 Å². The molecule has 0 saturated carbocycles. The van der Waals surface area contributed by atoms with E-state index < -0.39 is 6.10 Å². The summed E-state index contributed by atoms with van der Waals surface area (Å²) >= 11 is 0. The third kappa shape index (κ3) is 41.5. The van der Waals surface area contributed by atoms with Crippen LogP contribution < -0.4 is 0 Å². The lowest BCUT2D eigenvalue weighted by atomic mass is 10.4. The highest BCUT2D eigenvalue weighted by Crippen LogP contribution is 1.96. The smallest absolute Gasteiger partial charge is 0.167 e. The molecule has 1 N–H and O–H groups in total. The second-order valence-electron chi connectivity index (χ2n) is 5.42. The van der Waals surface area contributed by atoms with Gasteiger partial charge in [-0.25, -0.2) is 9.78 Å². The summed E-state index contributed by atoms with van der Waals surface area (Å²) in [5.74, 6) is 0. The minimum atomic E-state index is -1.02. The van der Waals surface area contributed by atoms with Gasteiger partial charge in [-0.05, 0) is 60.5 Å². The highest BCUT2D eigenvalue weighted by atomic mass is 18.0. The van der Waals surface area contributed by atoms with Crippen molar-refractivity contribution in [3.05, 3.63) is 25.0 Å². The summed E-state index contributed by atoms with van der Waals surface area (Å²) in [5.41, 5.74) is 0. The van der Waals surface area contributed by atoms with Crippen molar-refractivity contribution in [2.24, 2.45) is 0 Å². The summed E-state index contributed by atoms with van der Waals surface area (Å²) in [7, 11) is 2.69. The average molecular weight is 740 g/mol. The van der Waals surface area contributed by atoms with Gasteiger partial charge in [0.15, 0.2) is 12.5 Å². The van der Waals surface area contributed by atoms with E-state index in [4.69, 9.17) is 9.47 Å². The summed E-state index contributed by atoms with van der Waals surface area (Å²) in [5, 5.41) is 106. The summed E-state index contributed by atoms with van der Waals surface area (Å²) in [6.07, 6.45) is 3.01. The van der Waals surface area contributed by atoms with Gasteiger partial charge >= 0.3 is 0 Å². The lowest BCUT2D eigenvalue weighted by molar-refractivity contribution is -0.879. The molecule has 0 bridgehead atoms. The van der Waals surface area contributed by atoms with E-state index >= 15 is 0 Å². The Kier molecular flexibility index (Phi) is 40.2. The van der Waals surface area contributed by atoms with Gasteiger partial charge in [0.2, 0.25) is 0 Å². The fraction of sp³-hybridized carbons (Fsp3) is 0.692. The molecule has 286 valence electrons. The van der Waals surface area contributed by atoms with E-state index in [-0.39, 0.29) is 39.6 Å². The standard InChI is InChI=1S/C13H24O35/c1-15-3-7-19-23-27-31-35-39-43-47-45-41-37-33-29-25-21-9-5-17-11-13(14)12-18-6-10-22-26-30-34-38-42-46-48-44-40-36-32-28-24-20-8-4-16-2/h3-4,7-8,13-14H,5-6,9-12H2,1-2H3/b7-3-,8-4-. The second kappa shape index (κ2) is 42.5. The lowest BCUT2D eigenvalue weighted by Gasteiger charge is -2.11. The molecular weight excluding hydrogens is 716 g/mol. The Morgan fingerprint density at radius 2 is 0.625 bits per heavy atom. The van der Waals surface area contributed by atoms with Crippen LogP contribution in [0.5, 0.6) is 0 Å². The maximum absolute atomic E-state index is 9.68. The van der Waals surface area contributed by atoms with Gasteiger partial charge in [0.25, 0.3) is 0 Å². The molecule has 0 radical (unpaired) electrons. The first-order chi connectivity index (χ1) is 23.8. The number of hydrogen-bond donors (Lipinski definition) is 1. The van der Waals surface area contributed by atoms with Gasteiger partial charge in [0.1, 0.15) is 31.8 Å². The SMILES string of the molecule is CO/C=C\OOOOOOOOOOOOOOOCCOCC(O)COCCOOOOOOOOOOOOOOO/C=C\OC. The normalized spacial score (nSPS) is 11.8. The summed E-state index contributed by atoms with van der Waals surface area (Å²) in [6.45, 7) is -0.820. The van der Waals surface area contributed by atoms with Gasteiger partial charge in [-0.3, -0.25) is 0 Å². The van der Waals surface area contributed by atoms with Gasteiger partial charge < -0.3 is 33.8 Å². The zero-order valence-electron chi connectivity index (χ0n) is 23.5. The quantitative estimate of drug-likeness (QED) is 0.0330. The van der Waals surface area contributed by atoms with Crippen LogP contribution in [0.1, 0.15) is 0 Å². The molecule has 0 spiro atoms. The van der Waals surface area contributed by atoms with E-state index in [9.17, 15) is 5.11 Å². The van der Waals surface area contributed by atoms with E-state index in [0.29, 0.717) is 0 Å². The fourth-order valence-corrected chi connectivity index (χ4v) is 1.26. The number of aliphatic hydroxyl groups excluding tert-OH is 1. The molecule has 0 aliphatic rings. The van der Waals surface area contributed by atoms with Crippen molar-refractivity contribution >= 4 is 0 Å². The monoisotopic (exact) mass is 740 g/mol. The molecule has 0 aliphatic heterocycles. The average Bonchev–Trinajstić information content (AvgIpc) is 3.09. The van der Waals surface area contributed by atoms with Crippen LogP contribution in [0, 0.1) is 0 Å². The molecule has 0 rings (SSSR count). The number of ether oxygens (including phenoxy) is 4. The molecule has 0 atom stereocenters. The molecule has 0 saturated heterocycles. The highest BCUT2D eigenvalue weighted by Gasteiger charge is 2.06. The largest absolute Gasteiger partial charge is 0.501 e. The molecule has 0 amide bonds. The van der Waals surface area contributed by atoms with Crippen LogP contribution in [-0.4, -0.2) is 65.1 Å². The number of rotatable bonds is 42. The molecule has 35 nitrogen and oxygen atoms in total. The maximum atomic E-state index is 9.68. The van der Waals surface area contributed by atoms with Crippen molar-refractivity contribution < 1.29 is 175 Å². The van der Waals surface area contributed by atoms with Gasteiger partial charge in [-0.2, -0.15) is 0 Å². The topological polar surface area (TPSA) is 334 Å². The molecule has 0 aliphatic carbocycles. The van der Waals surface area contributed by atoms with E-state index in [2.05, 4.69) is 160 Å². The van der Waals surface area contributed by atoms with Crippen LogP contribution >= 0.6 is 0 Å². The van der Waals surface area contributed by atoms with Crippen LogP contribution in [0.3, 0.4) is 0 Å². The van der Waals surface area contributed by atoms with E-state index in [1.165, 1.54) is 14.2 Å². The van der Waals surface area contributed by atoms with Crippen molar-refractivity contribution in [1.82, 2.24) is 0 Å². The van der Waals surface area contributed by atoms with Crippen LogP contribution in [-0.2, 0) is 169 Å². The first kappa shape index (κ1) is 45.4. The summed E-state index contributed by atoms with van der Waals surface area (Å²) < 4.78 is 19.0. The van der Waals surface area contributed by atoms with E-state index in [1.807, 2.05) is 0 Å². The number of hydrogen-bond acceptors (Lipinski definition) is 35. The molecule has 0 fully saturated rings. The molecular formula is C13H24O35. The Hall–Kier alpha value is -2.56. The molecule has 0 aromatic rings. The Morgan fingerprint density at radius 3 is 0.917 bits per heavy atom. The maximum Gasteiger partial charge on any atom is 0.167 e. The Balaban J connectivity index is 3.15. The minimum Gasteiger partial charge on any atom is -0.501 e. The fourth-order valence-electron chi connectivity index (χ4n) is 1.26. The van der Waals surface area contributed by atoms with Crippen LogP contribution in [0.2, 0.25) is 0 Å². The zero-order chi connectivity index (χ0) is 34.7. The van der Waals surface area contributed by atoms with Crippen molar-refractivity contribution in [2.45, 2.75) is 6.10 Å². The van der Waals surface area contributed by atoms with Crippen LogP contribution in [0.15, 0.2) is 25.0 Å². The van der Waals surface area contributed by atoms with Gasteiger partial charge in [-0.15, -0.1) is 0 Å². The Labute approximate surface area is 260 Å². The predicted molar refractivity (Wildman–Crippen MR) is 102 cm³/mol. The van der Waals surface area contributed by atoms with Crippen LogP contribution in [0.4, 0.5) is 0 Å². The first-order valence-corrected chi connectivity index (χ1v) is 10.9. The second-order valence-corrected chi connectivity index (χ2v) is 5.42. The van der Waals surface area contributed by atoms with Gasteiger partial charge in [0.05, 0.1) is 40.6 Å². The summed E-state index contributed by atoms with van der Waals surface area (Å²) in [6, 6.07) is 0. The van der Waals surface area contributed by atoms with Crippen molar-refractivity contribution in [2.75, 3.05) is 53.9 Å². The van der Waals surface area contributed by atoms with E-state index in [0.717, 1.165) is 25.0 Å². The Morgan fingerprint density at radius 1 is 0.354 bits per heavy atom. The van der Waals surface area contributed by atoms with Crippen molar-refractivity contribution in [3.63, 3.8) is 0 Å². The van der Waals surface area contributed by atoms with Gasteiger partial charge in [-0.1, -0.05) is 0 Å². The van der Waals surface area contributed by atoms with Crippen LogP contribution in [0.25, 0.3) is 0 Å². The predicted octanol–water partition coefficient (Wildman–Crippen LogP) is -1.27. The molecule has 48 heavy (non-hydrogen) atoms. The number of methoxy groups -OCH3 is 2. The molecule has 35 heteroatoms.